The van der Waals surface area contributed by atoms with Gasteiger partial charge < -0.3 is 79.9 Å². The van der Waals surface area contributed by atoms with Gasteiger partial charge in [0.2, 0.25) is 0 Å². The molecule has 11 N–H and O–H groups in total. The molecule has 0 spiro atoms. The molecule has 0 aromatic rings. The third-order valence-electron chi connectivity index (χ3n) is 6.08. The summed E-state index contributed by atoms with van der Waals surface area (Å²) in [5.74, 6) is 0. The zero-order chi connectivity index (χ0) is 25.3. The van der Waals surface area contributed by atoms with Gasteiger partial charge in [0.1, 0.15) is 73.2 Å². The van der Waals surface area contributed by atoms with E-state index < -0.39 is 112 Å². The predicted molar refractivity (Wildman–Crippen MR) is 101 cm³/mol. The van der Waals surface area contributed by atoms with Gasteiger partial charge in [0.25, 0.3) is 0 Å². The minimum absolute atomic E-state index is 0.616. The van der Waals surface area contributed by atoms with Crippen LogP contribution >= 0.6 is 0 Å². The van der Waals surface area contributed by atoms with Crippen LogP contribution in [0.3, 0.4) is 0 Å². The Labute approximate surface area is 192 Å². The Bertz CT molecular complexity index is 639. The van der Waals surface area contributed by atoms with Gasteiger partial charge in [-0.3, -0.25) is 0 Å². The van der Waals surface area contributed by atoms with E-state index in [1.165, 1.54) is 0 Å². The summed E-state index contributed by atoms with van der Waals surface area (Å²) in [6, 6.07) is 0. The highest BCUT2D eigenvalue weighted by atomic mass is 16.7. The van der Waals surface area contributed by atoms with Crippen molar-refractivity contribution in [1.82, 2.24) is 0 Å². The Balaban J connectivity index is 1.64. The Kier molecular flexibility index (Phi) is 9.54. The molecule has 16 nitrogen and oxygen atoms in total. The van der Waals surface area contributed by atoms with Gasteiger partial charge in [-0.15, -0.1) is 0 Å². The van der Waals surface area contributed by atoms with E-state index in [4.69, 9.17) is 28.8 Å². The fourth-order valence-corrected chi connectivity index (χ4v) is 3.94. The molecule has 16 heteroatoms. The summed E-state index contributed by atoms with van der Waals surface area (Å²) in [6.45, 7) is -2.03. The molecule has 1 unspecified atom stereocenters. The maximum absolute atomic E-state index is 10.2. The van der Waals surface area contributed by atoms with Gasteiger partial charge >= 0.3 is 0 Å². The highest BCUT2D eigenvalue weighted by Gasteiger charge is 2.51. The number of aliphatic hydroxyl groups is 11. The minimum Gasteiger partial charge on any atom is -0.394 e. The molecule has 0 amide bonds. The topological polar surface area (TPSA) is 269 Å². The third-order valence-corrected chi connectivity index (χ3v) is 6.08. The molecule has 200 valence electrons. The molecule has 34 heavy (non-hydrogen) atoms. The maximum Gasteiger partial charge on any atom is 0.187 e. The Morgan fingerprint density at radius 2 is 0.971 bits per heavy atom. The fourth-order valence-electron chi connectivity index (χ4n) is 3.94. The normalized spacial score (nSPS) is 52.5. The van der Waals surface area contributed by atoms with Gasteiger partial charge in [-0.1, -0.05) is 0 Å². The summed E-state index contributed by atoms with van der Waals surface area (Å²) in [5, 5.41) is 109. The van der Waals surface area contributed by atoms with Crippen molar-refractivity contribution in [2.45, 2.75) is 92.1 Å². The lowest BCUT2D eigenvalue weighted by Crippen LogP contribution is -2.64. The summed E-state index contributed by atoms with van der Waals surface area (Å²) >= 11 is 0. The molecule has 3 aliphatic heterocycles. The summed E-state index contributed by atoms with van der Waals surface area (Å²) in [7, 11) is 0. The molecular formula is C18H32O16. The van der Waals surface area contributed by atoms with E-state index >= 15 is 0 Å². The Morgan fingerprint density at radius 3 is 1.56 bits per heavy atom. The van der Waals surface area contributed by atoms with Crippen LogP contribution in [0.15, 0.2) is 0 Å². The second kappa shape index (κ2) is 11.6. The molecule has 0 aliphatic carbocycles. The number of rotatable bonds is 7. The average molecular weight is 504 g/mol. The molecular weight excluding hydrogens is 472 g/mol. The zero-order valence-electron chi connectivity index (χ0n) is 17.7. The first kappa shape index (κ1) is 27.9. The van der Waals surface area contributed by atoms with Crippen LogP contribution in [0.1, 0.15) is 0 Å². The summed E-state index contributed by atoms with van der Waals surface area (Å²) in [5.41, 5.74) is 0. The van der Waals surface area contributed by atoms with Crippen molar-refractivity contribution < 1.29 is 79.9 Å². The standard InChI is InChI=1S/C18H32O16/c19-1-4-8(22)12(26)15(16(29)31-4)34-18-14(28)11(25)9(23)6(33-18)3-30-17-13(27)10(24)7(21)5(2-20)32-17/h4-29H,1-3H2/t4-,5-,6-,7+,8-,9-,10+,11+,12+,13-,14+,15-,16?,17-,18-/m1/s1. The Hall–Kier alpha value is -0.640. The molecule has 0 bridgehead atoms. The van der Waals surface area contributed by atoms with Crippen LogP contribution in [0, 0.1) is 0 Å². The number of hydrogen-bond acceptors (Lipinski definition) is 16. The summed E-state index contributed by atoms with van der Waals surface area (Å²) in [4.78, 5) is 0. The van der Waals surface area contributed by atoms with Crippen LogP contribution in [0.5, 0.6) is 0 Å². The van der Waals surface area contributed by atoms with Crippen LogP contribution in [0.4, 0.5) is 0 Å². The highest BCUT2D eigenvalue weighted by Crippen LogP contribution is 2.29. The van der Waals surface area contributed by atoms with Crippen LogP contribution in [-0.4, -0.2) is 168 Å². The van der Waals surface area contributed by atoms with E-state index in [-0.39, 0.29) is 0 Å². The quantitative estimate of drug-likeness (QED) is 0.154. The van der Waals surface area contributed by atoms with E-state index in [9.17, 15) is 51.1 Å². The molecule has 3 saturated heterocycles. The lowest BCUT2D eigenvalue weighted by molar-refractivity contribution is -0.367. The molecule has 0 radical (unpaired) electrons. The first-order chi connectivity index (χ1) is 16.0. The monoisotopic (exact) mass is 504 g/mol. The van der Waals surface area contributed by atoms with Gasteiger partial charge in [-0.2, -0.15) is 0 Å². The van der Waals surface area contributed by atoms with Crippen molar-refractivity contribution in [2.75, 3.05) is 19.8 Å². The van der Waals surface area contributed by atoms with Crippen LogP contribution in [-0.2, 0) is 23.7 Å². The van der Waals surface area contributed by atoms with E-state index in [2.05, 4.69) is 0 Å². The second-order valence-electron chi connectivity index (χ2n) is 8.37. The van der Waals surface area contributed by atoms with E-state index in [1.807, 2.05) is 0 Å². The van der Waals surface area contributed by atoms with E-state index in [0.717, 1.165) is 0 Å². The first-order valence-corrected chi connectivity index (χ1v) is 10.6. The van der Waals surface area contributed by atoms with Crippen molar-refractivity contribution in [1.29, 1.82) is 0 Å². The van der Waals surface area contributed by atoms with Crippen molar-refractivity contribution in [3.05, 3.63) is 0 Å². The lowest BCUT2D eigenvalue weighted by atomic mass is 9.97. The van der Waals surface area contributed by atoms with Gasteiger partial charge in [-0.25, -0.2) is 0 Å². The third kappa shape index (κ3) is 5.52. The van der Waals surface area contributed by atoms with Crippen LogP contribution in [0.2, 0.25) is 0 Å². The zero-order valence-corrected chi connectivity index (χ0v) is 17.7. The highest BCUT2D eigenvalue weighted by molar-refractivity contribution is 4.94. The largest absolute Gasteiger partial charge is 0.394 e. The van der Waals surface area contributed by atoms with Crippen molar-refractivity contribution in [2.24, 2.45) is 0 Å². The van der Waals surface area contributed by atoms with Crippen LogP contribution < -0.4 is 0 Å². The SMILES string of the molecule is OC[C@H]1O[C@@H](OC[C@H]2O[C@H](O[C@H]3C(O)O[C@H](CO)[C@@H](O)[C@@H]3O)[C@@H](O)[C@@H](O)[C@@H]2O)[C@H](O)[C@@H](O)[C@H]1O. The number of hydrogen-bond donors (Lipinski definition) is 11. The molecule has 3 heterocycles. The van der Waals surface area contributed by atoms with Crippen molar-refractivity contribution >= 4 is 0 Å². The predicted octanol–water partition coefficient (Wildman–Crippen LogP) is -7.57. The lowest BCUT2D eigenvalue weighted by Gasteiger charge is -2.45. The van der Waals surface area contributed by atoms with Crippen molar-refractivity contribution in [3.63, 3.8) is 0 Å². The minimum atomic E-state index is -1.88. The molecule has 0 aromatic carbocycles. The first-order valence-electron chi connectivity index (χ1n) is 10.6. The van der Waals surface area contributed by atoms with Crippen LogP contribution in [0.25, 0.3) is 0 Å². The Morgan fingerprint density at radius 1 is 0.500 bits per heavy atom. The summed E-state index contributed by atoms with van der Waals surface area (Å²) in [6.07, 6.45) is -25.0. The van der Waals surface area contributed by atoms with E-state index in [1.54, 1.807) is 0 Å². The van der Waals surface area contributed by atoms with Gasteiger partial charge in [0, 0.05) is 0 Å². The number of ether oxygens (including phenoxy) is 5. The molecule has 15 atom stereocenters. The van der Waals surface area contributed by atoms with E-state index in [0.29, 0.717) is 0 Å². The average Bonchev–Trinajstić information content (AvgIpc) is 2.82. The fraction of sp³-hybridized carbons (Fsp3) is 1.00. The second-order valence-corrected chi connectivity index (χ2v) is 8.37. The smallest absolute Gasteiger partial charge is 0.187 e. The molecule has 3 aliphatic rings. The van der Waals surface area contributed by atoms with Gasteiger partial charge in [-0.05, 0) is 0 Å². The number of aliphatic hydroxyl groups excluding tert-OH is 11. The molecule has 0 saturated carbocycles. The van der Waals surface area contributed by atoms with Gasteiger partial charge in [0.15, 0.2) is 18.9 Å². The summed E-state index contributed by atoms with van der Waals surface area (Å²) < 4.78 is 26.1. The maximum atomic E-state index is 10.2. The molecule has 0 aromatic heterocycles. The molecule has 3 rings (SSSR count). The van der Waals surface area contributed by atoms with Gasteiger partial charge in [0.05, 0.1) is 19.8 Å². The van der Waals surface area contributed by atoms with Crippen molar-refractivity contribution in [3.8, 4) is 0 Å². The molecule has 3 fully saturated rings.